The highest BCUT2D eigenvalue weighted by Gasteiger charge is 2.74. The van der Waals surface area contributed by atoms with Gasteiger partial charge >= 0.3 is 5.97 Å². The molecule has 6 aromatic rings. The highest BCUT2D eigenvalue weighted by atomic mass is 32.1. The van der Waals surface area contributed by atoms with E-state index in [1.165, 1.54) is 11.3 Å². The van der Waals surface area contributed by atoms with Gasteiger partial charge in [0.15, 0.2) is 5.13 Å². The van der Waals surface area contributed by atoms with E-state index in [-0.39, 0.29) is 13.2 Å². The first kappa shape index (κ1) is 38.6. The fourth-order valence-corrected chi connectivity index (χ4v) is 10.7. The summed E-state index contributed by atoms with van der Waals surface area (Å²) in [4.78, 5) is 53.1. The number of aliphatic hydroxyl groups excluding tert-OH is 1. The predicted octanol–water partition coefficient (Wildman–Crippen LogP) is 8.43. The first-order valence-corrected chi connectivity index (χ1v) is 21.5. The van der Waals surface area contributed by atoms with Crippen LogP contribution in [0.1, 0.15) is 71.7 Å². The van der Waals surface area contributed by atoms with Crippen LogP contribution in [0.2, 0.25) is 0 Å². The van der Waals surface area contributed by atoms with Crippen molar-refractivity contribution in [1.82, 2.24) is 9.88 Å². The number of nitrogens with zero attached hydrogens (tertiary/aromatic N) is 2. The van der Waals surface area contributed by atoms with Crippen molar-refractivity contribution >= 4 is 50.2 Å². The third-order valence-electron chi connectivity index (χ3n) is 12.3. The number of thiazole rings is 1. The summed E-state index contributed by atoms with van der Waals surface area (Å²) < 4.78 is 13.4. The molecule has 3 N–H and O–H groups in total. The molecule has 6 unspecified atom stereocenters. The monoisotopic (exact) mass is 826 g/mol. The molecule has 1 aromatic heterocycles. The fraction of sp³-hybridized carbons (Fsp3) is 0.240. The Kier molecular flexibility index (Phi) is 10.2. The van der Waals surface area contributed by atoms with Gasteiger partial charge in [0.25, 0.3) is 0 Å². The molecular formula is C50H42N4O6S. The Hall–Kier alpha value is -6.58. The van der Waals surface area contributed by atoms with Gasteiger partial charge in [0.1, 0.15) is 29.9 Å². The van der Waals surface area contributed by atoms with Crippen LogP contribution < -0.4 is 15.4 Å². The number of ether oxygens (including phenoxy) is 2. The summed E-state index contributed by atoms with van der Waals surface area (Å²) in [6, 6.07) is 37.2. The molecule has 304 valence electrons. The van der Waals surface area contributed by atoms with Crippen LogP contribution in [-0.4, -0.2) is 52.0 Å². The lowest BCUT2D eigenvalue weighted by atomic mass is 9.65. The molecule has 1 spiro atoms. The number of hydrogen-bond donors (Lipinski definition) is 3. The van der Waals surface area contributed by atoms with Crippen LogP contribution in [0, 0.1) is 17.8 Å². The molecule has 2 amide bonds. The minimum Gasteiger partial charge on any atom is -0.491 e. The fourth-order valence-electron chi connectivity index (χ4n) is 9.82. The van der Waals surface area contributed by atoms with E-state index in [4.69, 9.17) is 14.5 Å². The highest BCUT2D eigenvalue weighted by Crippen LogP contribution is 2.65. The third kappa shape index (κ3) is 6.77. The Morgan fingerprint density at radius 3 is 2.43 bits per heavy atom. The molecule has 6 atom stereocenters. The van der Waals surface area contributed by atoms with Gasteiger partial charge in [-0.3, -0.25) is 19.3 Å². The summed E-state index contributed by atoms with van der Waals surface area (Å²) in [7, 11) is 0. The number of para-hydroxylation sites is 1. The van der Waals surface area contributed by atoms with E-state index in [1.807, 2.05) is 126 Å². The Morgan fingerprint density at radius 2 is 1.66 bits per heavy atom. The van der Waals surface area contributed by atoms with E-state index in [2.05, 4.69) is 28.6 Å². The molecule has 5 aromatic carbocycles. The Balaban J connectivity index is 1.24. The van der Waals surface area contributed by atoms with Gasteiger partial charge in [-0.1, -0.05) is 114 Å². The van der Waals surface area contributed by atoms with Crippen LogP contribution in [0.15, 0.2) is 139 Å². The van der Waals surface area contributed by atoms with Gasteiger partial charge in [0, 0.05) is 11.3 Å². The molecule has 2 fully saturated rings. The first-order valence-electron chi connectivity index (χ1n) is 20.7. The SMILES string of the molecule is O=C1OC(c2ccccc2)C(c2ccccc2)N2C1C(C(=O)Nc1nc3ccccc3s1)C1(C(=O)Nc3ccc(C#CC4=CCCCC4)cc31)C2c1cccc(OCCO)c1. The summed E-state index contributed by atoms with van der Waals surface area (Å²) >= 11 is 1.32. The topological polar surface area (TPSA) is 130 Å². The maximum atomic E-state index is 15.6. The van der Waals surface area contributed by atoms with Gasteiger partial charge in [0.05, 0.1) is 34.8 Å². The van der Waals surface area contributed by atoms with Crippen LogP contribution in [-0.2, 0) is 24.5 Å². The van der Waals surface area contributed by atoms with E-state index in [1.54, 1.807) is 6.07 Å². The number of aliphatic hydroxyl groups is 1. The van der Waals surface area contributed by atoms with Gasteiger partial charge in [0.2, 0.25) is 11.8 Å². The third-order valence-corrected chi connectivity index (χ3v) is 13.3. The van der Waals surface area contributed by atoms with Crippen molar-refractivity contribution in [3.8, 4) is 17.6 Å². The standard InChI is InChI=1S/C50H42N4O6S/c55-27-28-59-36-20-12-19-35(30-36)45-50(37-29-32(25-26-38(37)51-48(50)58)24-23-31-13-4-1-5-14-31)41(46(56)53-49-52-39-21-10-11-22-40(39)61-49)43-47(57)60-44(34-17-8-3-9-18-34)42(54(43)45)33-15-6-2-7-16-33/h2-3,6-13,15-22,25-26,29-30,41-45,55H,1,4-5,14,27-28H2,(H,51,58)(H,52,53,56). The molecule has 1 aliphatic carbocycles. The van der Waals surface area contributed by atoms with E-state index >= 15 is 14.4 Å². The smallest absolute Gasteiger partial charge is 0.324 e. The molecule has 10 nitrogen and oxygen atoms in total. The number of hydrogen-bond acceptors (Lipinski definition) is 9. The number of rotatable bonds is 8. The number of fused-ring (bicyclic) bond motifs is 4. The lowest BCUT2D eigenvalue weighted by molar-refractivity contribution is -0.177. The number of allylic oxidation sites excluding steroid dienone is 2. The predicted molar refractivity (Wildman–Crippen MR) is 234 cm³/mol. The van der Waals surface area contributed by atoms with Crippen molar-refractivity contribution in [3.05, 3.63) is 167 Å². The largest absolute Gasteiger partial charge is 0.491 e. The van der Waals surface area contributed by atoms with E-state index < -0.39 is 53.3 Å². The number of benzene rings is 5. The zero-order chi connectivity index (χ0) is 41.5. The second-order valence-corrected chi connectivity index (χ2v) is 16.9. The van der Waals surface area contributed by atoms with Gasteiger partial charge in [-0.25, -0.2) is 4.98 Å². The maximum Gasteiger partial charge on any atom is 0.324 e. The minimum atomic E-state index is -1.71. The molecule has 11 heteroatoms. The molecule has 2 saturated heterocycles. The van der Waals surface area contributed by atoms with E-state index in [0.717, 1.165) is 52.6 Å². The van der Waals surface area contributed by atoms with Gasteiger partial charge in [-0.2, -0.15) is 0 Å². The number of anilines is 2. The second-order valence-electron chi connectivity index (χ2n) is 15.8. The zero-order valence-electron chi connectivity index (χ0n) is 33.1. The average Bonchev–Trinajstić information content (AvgIpc) is 3.95. The minimum absolute atomic E-state index is 0.0512. The Labute approximate surface area is 357 Å². The normalized spacial score (nSPS) is 24.2. The molecule has 61 heavy (non-hydrogen) atoms. The molecule has 4 heterocycles. The van der Waals surface area contributed by atoms with Crippen molar-refractivity contribution in [2.75, 3.05) is 23.8 Å². The Bertz CT molecular complexity index is 2730. The second kappa shape index (κ2) is 16.1. The molecule has 4 aliphatic rings. The highest BCUT2D eigenvalue weighted by molar-refractivity contribution is 7.22. The molecular weight excluding hydrogens is 785 g/mol. The molecule has 3 aliphatic heterocycles. The summed E-state index contributed by atoms with van der Waals surface area (Å²) in [6.45, 7) is -0.146. The number of morpholine rings is 1. The van der Waals surface area contributed by atoms with Crippen LogP contribution in [0.3, 0.4) is 0 Å². The summed E-state index contributed by atoms with van der Waals surface area (Å²) in [5.74, 6) is 4.29. The van der Waals surface area contributed by atoms with Gasteiger partial charge in [-0.15, -0.1) is 0 Å². The van der Waals surface area contributed by atoms with Crippen molar-refractivity contribution in [2.24, 2.45) is 5.92 Å². The van der Waals surface area contributed by atoms with Crippen LogP contribution in [0.5, 0.6) is 5.75 Å². The maximum absolute atomic E-state index is 15.6. The number of nitrogens with one attached hydrogen (secondary N) is 2. The number of amides is 2. The Morgan fingerprint density at radius 1 is 0.885 bits per heavy atom. The number of carbonyl (C=O) groups is 3. The number of cyclic esters (lactones) is 1. The lowest BCUT2D eigenvalue weighted by Crippen LogP contribution is -2.53. The molecule has 0 radical (unpaired) electrons. The summed E-state index contributed by atoms with van der Waals surface area (Å²) in [5.41, 5.74) is 4.11. The molecule has 10 rings (SSSR count). The number of carbonyl (C=O) groups excluding carboxylic acids is 3. The molecule has 0 saturated carbocycles. The van der Waals surface area contributed by atoms with Gasteiger partial charge in [-0.05, 0) is 96.0 Å². The average molecular weight is 827 g/mol. The number of esters is 1. The lowest BCUT2D eigenvalue weighted by Gasteiger charge is -2.46. The summed E-state index contributed by atoms with van der Waals surface area (Å²) in [6.07, 6.45) is 5.51. The van der Waals surface area contributed by atoms with E-state index in [0.29, 0.717) is 33.3 Å². The van der Waals surface area contributed by atoms with E-state index in [9.17, 15) is 5.11 Å². The zero-order valence-corrected chi connectivity index (χ0v) is 33.9. The number of aromatic nitrogens is 1. The van der Waals surface area contributed by atoms with Crippen LogP contribution in [0.25, 0.3) is 10.2 Å². The van der Waals surface area contributed by atoms with Crippen LogP contribution in [0.4, 0.5) is 10.8 Å². The van der Waals surface area contributed by atoms with Gasteiger partial charge < -0.3 is 25.2 Å². The molecule has 0 bridgehead atoms. The van der Waals surface area contributed by atoms with Crippen LogP contribution >= 0.6 is 11.3 Å². The summed E-state index contributed by atoms with van der Waals surface area (Å²) in [5, 5.41) is 16.3. The van der Waals surface area contributed by atoms with Crippen molar-refractivity contribution < 1.29 is 29.0 Å². The van der Waals surface area contributed by atoms with Crippen molar-refractivity contribution in [1.29, 1.82) is 0 Å². The quantitative estimate of drug-likeness (QED) is 0.103. The first-order chi connectivity index (χ1) is 29.9. The van der Waals surface area contributed by atoms with Crippen molar-refractivity contribution in [2.45, 2.75) is 55.3 Å². The van der Waals surface area contributed by atoms with Crippen molar-refractivity contribution in [3.63, 3.8) is 0 Å².